The van der Waals surface area contributed by atoms with E-state index >= 15 is 0 Å². The lowest BCUT2D eigenvalue weighted by molar-refractivity contribution is 0.0697. The van der Waals surface area contributed by atoms with E-state index in [1.54, 1.807) is 19.2 Å². The maximum absolute atomic E-state index is 10.8. The molecule has 0 aliphatic heterocycles. The van der Waals surface area contributed by atoms with Gasteiger partial charge in [0, 0.05) is 19.3 Å². The van der Waals surface area contributed by atoms with Gasteiger partial charge in [0.2, 0.25) is 0 Å². The van der Waals surface area contributed by atoms with Crippen LogP contribution in [0.3, 0.4) is 0 Å². The summed E-state index contributed by atoms with van der Waals surface area (Å²) in [6.07, 6.45) is 0. The summed E-state index contributed by atoms with van der Waals surface area (Å²) < 4.78 is 10.1. The summed E-state index contributed by atoms with van der Waals surface area (Å²) in [5.74, 6) is -1.03. The highest BCUT2D eigenvalue weighted by molar-refractivity contribution is 6.33. The Balaban J connectivity index is 2.35. The van der Waals surface area contributed by atoms with E-state index in [-0.39, 0.29) is 10.6 Å². The molecule has 0 aromatic heterocycles. The summed E-state index contributed by atoms with van der Waals surface area (Å²) in [4.78, 5) is 10.8. The number of aromatic carboxylic acids is 1. The first-order valence-corrected chi connectivity index (χ1v) is 5.86. The number of carbonyl (C=O) groups is 1. The van der Waals surface area contributed by atoms with Crippen molar-refractivity contribution in [1.82, 2.24) is 0 Å². The maximum Gasteiger partial charge on any atom is 0.337 e. The number of methoxy groups -OCH3 is 1. The topological polar surface area (TPSA) is 67.8 Å². The molecule has 0 spiro atoms. The monoisotopic (exact) mass is 273 g/mol. The number of halogens is 1. The highest BCUT2D eigenvalue weighted by Crippen LogP contribution is 2.20. The van der Waals surface area contributed by atoms with Crippen LogP contribution in [0.25, 0.3) is 0 Å². The zero-order valence-corrected chi connectivity index (χ0v) is 10.9. The van der Waals surface area contributed by atoms with Gasteiger partial charge in [0.05, 0.1) is 30.4 Å². The fourth-order valence-electron chi connectivity index (χ4n) is 1.31. The molecule has 6 heteroatoms. The fourth-order valence-corrected chi connectivity index (χ4v) is 1.57. The molecule has 2 N–H and O–H groups in total. The van der Waals surface area contributed by atoms with Crippen LogP contribution in [0.1, 0.15) is 10.4 Å². The number of benzene rings is 1. The third-order valence-corrected chi connectivity index (χ3v) is 2.52. The summed E-state index contributed by atoms with van der Waals surface area (Å²) in [6, 6.07) is 4.73. The molecule has 0 radical (unpaired) electrons. The Morgan fingerprint density at radius 1 is 1.39 bits per heavy atom. The molecule has 0 fully saturated rings. The Morgan fingerprint density at radius 3 is 2.78 bits per heavy atom. The van der Waals surface area contributed by atoms with Crippen molar-refractivity contribution >= 4 is 23.3 Å². The molecular weight excluding hydrogens is 258 g/mol. The first kappa shape index (κ1) is 14.8. The van der Waals surface area contributed by atoms with E-state index in [1.165, 1.54) is 6.07 Å². The quantitative estimate of drug-likeness (QED) is 0.710. The molecule has 5 nitrogen and oxygen atoms in total. The number of nitrogens with one attached hydrogen (secondary N) is 1. The van der Waals surface area contributed by atoms with Gasteiger partial charge in [0.1, 0.15) is 0 Å². The van der Waals surface area contributed by atoms with Gasteiger partial charge in [-0.25, -0.2) is 4.79 Å². The van der Waals surface area contributed by atoms with E-state index in [1.807, 2.05) is 0 Å². The van der Waals surface area contributed by atoms with Crippen molar-refractivity contribution in [2.45, 2.75) is 0 Å². The SMILES string of the molecule is COCCOCCNc1ccc(C(=O)O)c(Cl)c1. The van der Waals surface area contributed by atoms with Crippen molar-refractivity contribution in [3.8, 4) is 0 Å². The Labute approximate surface area is 111 Å². The van der Waals surface area contributed by atoms with E-state index in [4.69, 9.17) is 26.2 Å². The lowest BCUT2D eigenvalue weighted by Crippen LogP contribution is -2.12. The normalized spacial score (nSPS) is 10.3. The van der Waals surface area contributed by atoms with Crippen LogP contribution >= 0.6 is 11.6 Å². The van der Waals surface area contributed by atoms with Crippen molar-refractivity contribution in [3.05, 3.63) is 28.8 Å². The molecule has 0 unspecified atom stereocenters. The number of rotatable bonds is 8. The zero-order chi connectivity index (χ0) is 13.4. The molecule has 0 saturated heterocycles. The van der Waals surface area contributed by atoms with Gasteiger partial charge in [-0.15, -0.1) is 0 Å². The van der Waals surface area contributed by atoms with Crippen molar-refractivity contribution in [2.24, 2.45) is 0 Å². The van der Waals surface area contributed by atoms with Gasteiger partial charge < -0.3 is 19.9 Å². The number of ether oxygens (including phenoxy) is 2. The number of hydrogen-bond donors (Lipinski definition) is 2. The second-order valence-electron chi connectivity index (χ2n) is 3.53. The van der Waals surface area contributed by atoms with E-state index in [9.17, 15) is 4.79 Å². The van der Waals surface area contributed by atoms with Crippen molar-refractivity contribution in [2.75, 3.05) is 38.8 Å². The first-order chi connectivity index (χ1) is 8.65. The highest BCUT2D eigenvalue weighted by atomic mass is 35.5. The van der Waals surface area contributed by atoms with Crippen molar-refractivity contribution in [1.29, 1.82) is 0 Å². The highest BCUT2D eigenvalue weighted by Gasteiger charge is 2.08. The molecule has 100 valence electrons. The van der Waals surface area contributed by atoms with Crippen LogP contribution in [0.15, 0.2) is 18.2 Å². The standard InChI is InChI=1S/C12H16ClNO4/c1-17-6-7-18-5-4-14-9-2-3-10(12(15)16)11(13)8-9/h2-3,8,14H,4-7H2,1H3,(H,15,16). The van der Waals surface area contributed by atoms with Crippen LogP contribution in [0.2, 0.25) is 5.02 Å². The molecule has 0 heterocycles. The molecule has 0 aliphatic carbocycles. The van der Waals surface area contributed by atoms with E-state index < -0.39 is 5.97 Å². The maximum atomic E-state index is 10.8. The molecule has 0 amide bonds. The molecule has 1 aromatic rings. The Morgan fingerprint density at radius 2 is 2.17 bits per heavy atom. The molecule has 1 rings (SSSR count). The molecular formula is C12H16ClNO4. The summed E-state index contributed by atoms with van der Waals surface area (Å²) in [7, 11) is 1.62. The summed E-state index contributed by atoms with van der Waals surface area (Å²) in [5, 5.41) is 12.1. The van der Waals surface area contributed by atoms with Gasteiger partial charge in [-0.1, -0.05) is 11.6 Å². The lowest BCUT2D eigenvalue weighted by Gasteiger charge is -2.08. The molecule has 0 bridgehead atoms. The summed E-state index contributed by atoms with van der Waals surface area (Å²) in [5.41, 5.74) is 0.860. The molecule has 18 heavy (non-hydrogen) atoms. The van der Waals surface area contributed by atoms with Crippen LogP contribution in [0, 0.1) is 0 Å². The minimum absolute atomic E-state index is 0.0959. The van der Waals surface area contributed by atoms with Gasteiger partial charge in [0.15, 0.2) is 0 Å². The Bertz CT molecular complexity index is 398. The van der Waals surface area contributed by atoms with Crippen molar-refractivity contribution in [3.63, 3.8) is 0 Å². The summed E-state index contributed by atoms with van der Waals surface area (Å²) >= 11 is 5.84. The van der Waals surface area contributed by atoms with E-state index in [0.29, 0.717) is 26.4 Å². The molecule has 1 aromatic carbocycles. The van der Waals surface area contributed by atoms with E-state index in [0.717, 1.165) is 5.69 Å². The van der Waals surface area contributed by atoms with E-state index in [2.05, 4.69) is 5.32 Å². The van der Waals surface area contributed by atoms with Crippen LogP contribution in [-0.2, 0) is 9.47 Å². The van der Waals surface area contributed by atoms with Gasteiger partial charge in [0.25, 0.3) is 0 Å². The third kappa shape index (κ3) is 4.91. The number of anilines is 1. The number of hydrogen-bond acceptors (Lipinski definition) is 4. The Hall–Kier alpha value is -1.30. The fraction of sp³-hybridized carbons (Fsp3) is 0.417. The third-order valence-electron chi connectivity index (χ3n) is 2.21. The Kier molecular flexibility index (Phi) is 6.49. The van der Waals surface area contributed by atoms with Gasteiger partial charge >= 0.3 is 5.97 Å². The predicted molar refractivity (Wildman–Crippen MR) is 69.6 cm³/mol. The predicted octanol–water partition coefficient (Wildman–Crippen LogP) is 2.11. The first-order valence-electron chi connectivity index (χ1n) is 5.48. The second kappa shape index (κ2) is 7.92. The van der Waals surface area contributed by atoms with Crippen molar-refractivity contribution < 1.29 is 19.4 Å². The lowest BCUT2D eigenvalue weighted by atomic mass is 10.2. The second-order valence-corrected chi connectivity index (χ2v) is 3.94. The van der Waals surface area contributed by atoms with Crippen LogP contribution in [0.5, 0.6) is 0 Å². The zero-order valence-electron chi connectivity index (χ0n) is 10.1. The minimum Gasteiger partial charge on any atom is -0.478 e. The largest absolute Gasteiger partial charge is 0.478 e. The van der Waals surface area contributed by atoms with Gasteiger partial charge in [-0.3, -0.25) is 0 Å². The smallest absolute Gasteiger partial charge is 0.337 e. The average Bonchev–Trinajstić information content (AvgIpc) is 2.33. The van der Waals surface area contributed by atoms with Gasteiger partial charge in [-0.05, 0) is 18.2 Å². The molecule has 0 aliphatic rings. The number of carboxylic acids is 1. The van der Waals surface area contributed by atoms with Crippen LogP contribution in [-0.4, -0.2) is 44.6 Å². The molecule has 0 saturated carbocycles. The van der Waals surface area contributed by atoms with Gasteiger partial charge in [-0.2, -0.15) is 0 Å². The number of carboxylic acid groups (broad SMARTS) is 1. The molecule has 0 atom stereocenters. The average molecular weight is 274 g/mol. The van der Waals surface area contributed by atoms with Crippen LogP contribution in [0.4, 0.5) is 5.69 Å². The van der Waals surface area contributed by atoms with Crippen LogP contribution < -0.4 is 5.32 Å². The minimum atomic E-state index is -1.03. The summed E-state index contributed by atoms with van der Waals surface area (Å²) in [6.45, 7) is 2.28.